The van der Waals surface area contributed by atoms with Crippen LogP contribution in [0.3, 0.4) is 0 Å². The van der Waals surface area contributed by atoms with E-state index in [1.165, 1.54) is 4.90 Å². The van der Waals surface area contributed by atoms with E-state index in [0.29, 0.717) is 35.9 Å². The smallest absolute Gasteiger partial charge is 0.244 e. The van der Waals surface area contributed by atoms with E-state index in [2.05, 4.69) is 5.32 Å². The van der Waals surface area contributed by atoms with Crippen molar-refractivity contribution in [2.24, 2.45) is 0 Å². The maximum atomic E-state index is 13.8. The zero-order valence-corrected chi connectivity index (χ0v) is 24.9. The summed E-state index contributed by atoms with van der Waals surface area (Å²) in [6.45, 7) is 4.03. The number of rotatable bonds is 15. The van der Waals surface area contributed by atoms with Crippen molar-refractivity contribution in [2.45, 2.75) is 45.7 Å². The average molecular weight is 582 g/mol. The number of ether oxygens (including phenoxy) is 2. The predicted octanol–water partition coefficient (Wildman–Crippen LogP) is 4.98. The van der Waals surface area contributed by atoms with E-state index in [1.54, 1.807) is 43.5 Å². The van der Waals surface area contributed by atoms with Gasteiger partial charge in [0, 0.05) is 13.1 Å². The molecule has 0 aliphatic heterocycles. The number of para-hydroxylation sites is 1. The maximum absolute atomic E-state index is 13.8. The Hall–Kier alpha value is -4.05. The quantitative estimate of drug-likeness (QED) is 0.254. The topological polar surface area (TPSA) is 105 Å². The third-order valence-electron chi connectivity index (χ3n) is 6.51. The Bertz CT molecular complexity index is 1360. The molecule has 0 fully saturated rings. The lowest BCUT2D eigenvalue weighted by Gasteiger charge is -2.33. The second-order valence-electron chi connectivity index (χ2n) is 9.62. The minimum Gasteiger partial charge on any atom is -0.497 e. The largest absolute Gasteiger partial charge is 0.497 e. The molecular formula is C31H39N3O6S. The fourth-order valence-corrected chi connectivity index (χ4v) is 5.12. The minimum atomic E-state index is -3.84. The van der Waals surface area contributed by atoms with Gasteiger partial charge in [0.2, 0.25) is 21.8 Å². The molecule has 3 rings (SSSR count). The SMILES string of the molecule is CCCCNC(=O)C(CC)N(Cc1ccc(OC)cc1)C(=O)CN(c1ccc(Oc2ccccc2)cc1)S(C)(=O)=O. The fraction of sp³-hybridized carbons (Fsp3) is 0.355. The van der Waals surface area contributed by atoms with Crippen LogP contribution in [0.1, 0.15) is 38.7 Å². The van der Waals surface area contributed by atoms with Crippen molar-refractivity contribution in [2.75, 3.05) is 30.8 Å². The molecule has 0 saturated heterocycles. The summed E-state index contributed by atoms with van der Waals surface area (Å²) in [4.78, 5) is 28.4. The molecule has 3 aromatic carbocycles. The van der Waals surface area contributed by atoms with Crippen LogP contribution < -0.4 is 19.1 Å². The monoisotopic (exact) mass is 581 g/mol. The van der Waals surface area contributed by atoms with Crippen LogP contribution in [0.4, 0.5) is 5.69 Å². The summed E-state index contributed by atoms with van der Waals surface area (Å²) in [6.07, 6.45) is 3.16. The highest BCUT2D eigenvalue weighted by Crippen LogP contribution is 2.26. The Balaban J connectivity index is 1.87. The Labute approximate surface area is 243 Å². The molecule has 1 unspecified atom stereocenters. The number of carbonyl (C=O) groups excluding carboxylic acids is 2. The molecule has 0 aromatic heterocycles. The molecule has 0 radical (unpaired) electrons. The number of carbonyl (C=O) groups is 2. The molecule has 0 aliphatic carbocycles. The van der Waals surface area contributed by atoms with Crippen LogP contribution in [0.25, 0.3) is 0 Å². The molecule has 3 aromatic rings. The van der Waals surface area contributed by atoms with Crippen LogP contribution in [-0.4, -0.2) is 57.6 Å². The van der Waals surface area contributed by atoms with E-state index in [9.17, 15) is 18.0 Å². The van der Waals surface area contributed by atoms with Crippen molar-refractivity contribution < 1.29 is 27.5 Å². The Morgan fingerprint density at radius 1 is 0.878 bits per heavy atom. The van der Waals surface area contributed by atoms with Gasteiger partial charge in [0.1, 0.15) is 29.8 Å². The van der Waals surface area contributed by atoms with Crippen LogP contribution in [0, 0.1) is 0 Å². The Kier molecular flexibility index (Phi) is 11.6. The summed E-state index contributed by atoms with van der Waals surface area (Å²) >= 11 is 0. The van der Waals surface area contributed by atoms with Gasteiger partial charge < -0.3 is 19.7 Å². The Morgan fingerprint density at radius 2 is 1.49 bits per heavy atom. The van der Waals surface area contributed by atoms with Gasteiger partial charge in [-0.1, -0.05) is 50.6 Å². The van der Waals surface area contributed by atoms with Crippen molar-refractivity contribution in [3.63, 3.8) is 0 Å². The molecule has 220 valence electrons. The summed E-state index contributed by atoms with van der Waals surface area (Å²) in [5.74, 6) is 1.08. The van der Waals surface area contributed by atoms with Gasteiger partial charge in [-0.15, -0.1) is 0 Å². The molecule has 0 saturated carbocycles. The first kappa shape index (κ1) is 31.5. The minimum absolute atomic E-state index is 0.129. The van der Waals surface area contributed by atoms with Gasteiger partial charge in [-0.3, -0.25) is 13.9 Å². The predicted molar refractivity (Wildman–Crippen MR) is 161 cm³/mol. The third-order valence-corrected chi connectivity index (χ3v) is 7.65. The second-order valence-corrected chi connectivity index (χ2v) is 11.5. The zero-order chi connectivity index (χ0) is 29.8. The molecule has 1 N–H and O–H groups in total. The number of methoxy groups -OCH3 is 1. The first-order chi connectivity index (χ1) is 19.7. The van der Waals surface area contributed by atoms with Gasteiger partial charge in [-0.25, -0.2) is 8.42 Å². The number of nitrogens with zero attached hydrogens (tertiary/aromatic N) is 2. The van der Waals surface area contributed by atoms with E-state index < -0.39 is 28.5 Å². The van der Waals surface area contributed by atoms with Crippen LogP contribution in [0.2, 0.25) is 0 Å². The molecule has 1 atom stereocenters. The highest BCUT2D eigenvalue weighted by atomic mass is 32.2. The van der Waals surface area contributed by atoms with Crippen molar-refractivity contribution in [1.82, 2.24) is 10.2 Å². The number of amides is 2. The number of hydrogen-bond donors (Lipinski definition) is 1. The zero-order valence-electron chi connectivity index (χ0n) is 24.1. The van der Waals surface area contributed by atoms with Crippen molar-refractivity contribution in [1.29, 1.82) is 0 Å². The number of hydrogen-bond acceptors (Lipinski definition) is 6. The van der Waals surface area contributed by atoms with E-state index in [-0.39, 0.29) is 12.5 Å². The van der Waals surface area contributed by atoms with E-state index in [4.69, 9.17) is 9.47 Å². The molecule has 2 amide bonds. The lowest BCUT2D eigenvalue weighted by molar-refractivity contribution is -0.140. The molecule has 0 spiro atoms. The number of unbranched alkanes of at least 4 members (excludes halogenated alkanes) is 1. The van der Waals surface area contributed by atoms with Crippen LogP contribution in [0.15, 0.2) is 78.9 Å². The number of nitrogens with one attached hydrogen (secondary N) is 1. The average Bonchev–Trinajstić information content (AvgIpc) is 2.96. The molecule has 10 heteroatoms. The fourth-order valence-electron chi connectivity index (χ4n) is 4.27. The maximum Gasteiger partial charge on any atom is 0.244 e. The van der Waals surface area contributed by atoms with Crippen LogP contribution >= 0.6 is 0 Å². The first-order valence-electron chi connectivity index (χ1n) is 13.7. The van der Waals surface area contributed by atoms with Gasteiger partial charge in [0.05, 0.1) is 19.1 Å². The summed E-state index contributed by atoms with van der Waals surface area (Å²) in [5.41, 5.74) is 1.10. The van der Waals surface area contributed by atoms with Gasteiger partial charge in [0.25, 0.3) is 0 Å². The normalized spacial score (nSPS) is 11.8. The first-order valence-corrected chi connectivity index (χ1v) is 15.5. The van der Waals surface area contributed by atoms with Gasteiger partial charge in [-0.2, -0.15) is 0 Å². The van der Waals surface area contributed by atoms with E-state index >= 15 is 0 Å². The van der Waals surface area contributed by atoms with E-state index in [1.807, 2.05) is 56.3 Å². The molecule has 0 aliphatic rings. The molecule has 0 bridgehead atoms. The third kappa shape index (κ3) is 9.24. The molecule has 0 heterocycles. The van der Waals surface area contributed by atoms with Gasteiger partial charge in [0.15, 0.2) is 0 Å². The molecular weight excluding hydrogens is 542 g/mol. The van der Waals surface area contributed by atoms with Crippen LogP contribution in [0.5, 0.6) is 17.2 Å². The Morgan fingerprint density at radius 3 is 2.05 bits per heavy atom. The highest BCUT2D eigenvalue weighted by molar-refractivity contribution is 7.92. The number of anilines is 1. The van der Waals surface area contributed by atoms with E-state index in [0.717, 1.165) is 29.0 Å². The summed E-state index contributed by atoms with van der Waals surface area (Å²) in [5, 5.41) is 2.92. The molecule has 41 heavy (non-hydrogen) atoms. The summed E-state index contributed by atoms with van der Waals surface area (Å²) < 4.78 is 37.8. The number of benzene rings is 3. The molecule has 9 nitrogen and oxygen atoms in total. The van der Waals surface area contributed by atoms with Crippen molar-refractivity contribution in [3.8, 4) is 17.2 Å². The highest BCUT2D eigenvalue weighted by Gasteiger charge is 2.31. The standard InChI is InChI=1S/C31H39N3O6S/c1-5-7-21-32-31(36)29(6-2)33(22-24-13-17-26(39-3)18-14-24)30(35)23-34(41(4,37)38)25-15-19-28(20-16-25)40-27-11-9-8-10-12-27/h8-20,29H,5-7,21-23H2,1-4H3,(H,32,36). The summed E-state index contributed by atoms with van der Waals surface area (Å²) in [6, 6.07) is 22.1. The lowest BCUT2D eigenvalue weighted by atomic mass is 10.1. The van der Waals surface area contributed by atoms with Gasteiger partial charge in [-0.05, 0) is 66.9 Å². The van der Waals surface area contributed by atoms with Crippen LogP contribution in [-0.2, 0) is 26.2 Å². The van der Waals surface area contributed by atoms with Crippen molar-refractivity contribution >= 4 is 27.5 Å². The second kappa shape index (κ2) is 15.1. The van der Waals surface area contributed by atoms with Crippen molar-refractivity contribution in [3.05, 3.63) is 84.4 Å². The number of sulfonamides is 1. The van der Waals surface area contributed by atoms with Gasteiger partial charge >= 0.3 is 0 Å². The summed E-state index contributed by atoms with van der Waals surface area (Å²) in [7, 11) is -2.27. The lowest BCUT2D eigenvalue weighted by Crippen LogP contribution is -2.52.